The molecule has 2 aliphatic heterocycles. The molecule has 126 valence electrons. The summed E-state index contributed by atoms with van der Waals surface area (Å²) in [6, 6.07) is 7.45. The molecular weight excluding hydrogens is 292 g/mol. The number of para-hydroxylation sites is 2. The lowest BCUT2D eigenvalue weighted by Gasteiger charge is -2.25. The molecule has 1 unspecified atom stereocenters. The van der Waals surface area contributed by atoms with Gasteiger partial charge in [-0.3, -0.25) is 4.79 Å². The maximum atomic E-state index is 12.2. The molecule has 0 aliphatic carbocycles. The molecule has 2 aliphatic rings. The van der Waals surface area contributed by atoms with Gasteiger partial charge in [-0.1, -0.05) is 25.0 Å². The predicted octanol–water partition coefficient (Wildman–Crippen LogP) is 2.21. The lowest BCUT2D eigenvalue weighted by Crippen LogP contribution is -2.44. The van der Waals surface area contributed by atoms with E-state index < -0.39 is 6.10 Å². The summed E-state index contributed by atoms with van der Waals surface area (Å²) in [7, 11) is 0. The Morgan fingerprint density at radius 2 is 1.87 bits per heavy atom. The number of nitrogens with one attached hydrogen (secondary N) is 1. The van der Waals surface area contributed by atoms with Crippen LogP contribution in [-0.2, 0) is 4.79 Å². The van der Waals surface area contributed by atoms with Crippen molar-refractivity contribution in [1.82, 2.24) is 10.2 Å². The zero-order valence-electron chi connectivity index (χ0n) is 13.6. The van der Waals surface area contributed by atoms with Crippen LogP contribution in [0.1, 0.15) is 32.1 Å². The first-order chi connectivity index (χ1) is 11.3. The summed E-state index contributed by atoms with van der Waals surface area (Å²) in [4.78, 5) is 14.7. The Bertz CT molecular complexity index is 513. The Morgan fingerprint density at radius 1 is 1.13 bits per heavy atom. The molecule has 2 heterocycles. The lowest BCUT2D eigenvalue weighted by molar-refractivity contribution is -0.130. The molecule has 1 saturated heterocycles. The number of ether oxygens (including phenoxy) is 2. The highest BCUT2D eigenvalue weighted by Crippen LogP contribution is 2.30. The zero-order valence-corrected chi connectivity index (χ0v) is 13.6. The highest BCUT2D eigenvalue weighted by Gasteiger charge is 2.26. The minimum atomic E-state index is -0.553. The average molecular weight is 318 g/mol. The molecule has 3 rings (SSSR count). The van der Waals surface area contributed by atoms with Gasteiger partial charge in [0.1, 0.15) is 6.61 Å². The van der Waals surface area contributed by atoms with Gasteiger partial charge >= 0.3 is 0 Å². The number of hydrogen-bond acceptors (Lipinski definition) is 4. The molecule has 1 amide bonds. The van der Waals surface area contributed by atoms with Gasteiger partial charge in [-0.25, -0.2) is 0 Å². The molecule has 5 heteroatoms. The van der Waals surface area contributed by atoms with Gasteiger partial charge in [-0.05, 0) is 51.0 Å². The van der Waals surface area contributed by atoms with E-state index in [2.05, 4.69) is 10.2 Å². The number of likely N-dealkylation sites (tertiary alicyclic amines) is 1. The van der Waals surface area contributed by atoms with Crippen molar-refractivity contribution >= 4 is 5.91 Å². The molecule has 1 N–H and O–H groups in total. The fourth-order valence-corrected chi connectivity index (χ4v) is 3.14. The summed E-state index contributed by atoms with van der Waals surface area (Å²) in [6.07, 6.45) is 5.75. The van der Waals surface area contributed by atoms with Crippen LogP contribution in [0.4, 0.5) is 0 Å². The second kappa shape index (κ2) is 8.20. The molecule has 5 nitrogen and oxygen atoms in total. The fraction of sp³-hybridized carbons (Fsp3) is 0.611. The van der Waals surface area contributed by atoms with Crippen molar-refractivity contribution in [3.63, 3.8) is 0 Å². The Balaban J connectivity index is 1.37. The summed E-state index contributed by atoms with van der Waals surface area (Å²) in [5.41, 5.74) is 0. The Hall–Kier alpha value is -1.75. The number of fused-ring (bicyclic) bond motifs is 1. The van der Waals surface area contributed by atoms with Gasteiger partial charge in [0.05, 0.1) is 0 Å². The number of benzene rings is 1. The topological polar surface area (TPSA) is 50.8 Å². The van der Waals surface area contributed by atoms with Gasteiger partial charge in [-0.15, -0.1) is 0 Å². The SMILES string of the molecule is O=C(NCCCN1CCCCCC1)C1COc2ccccc2O1. The molecule has 0 bridgehead atoms. The number of rotatable bonds is 5. The summed E-state index contributed by atoms with van der Waals surface area (Å²) in [6.45, 7) is 4.42. The van der Waals surface area contributed by atoms with Crippen molar-refractivity contribution in [3.05, 3.63) is 24.3 Å². The third-order valence-corrected chi connectivity index (χ3v) is 4.45. The van der Waals surface area contributed by atoms with Gasteiger partial charge in [0.15, 0.2) is 11.5 Å². The van der Waals surface area contributed by atoms with Crippen molar-refractivity contribution in [3.8, 4) is 11.5 Å². The molecule has 0 saturated carbocycles. The minimum Gasteiger partial charge on any atom is -0.485 e. The van der Waals surface area contributed by atoms with Crippen LogP contribution in [0.2, 0.25) is 0 Å². The Morgan fingerprint density at radius 3 is 2.65 bits per heavy atom. The fourth-order valence-electron chi connectivity index (χ4n) is 3.14. The van der Waals surface area contributed by atoms with Crippen LogP contribution in [0.3, 0.4) is 0 Å². The van der Waals surface area contributed by atoms with Crippen molar-refractivity contribution in [2.24, 2.45) is 0 Å². The lowest BCUT2D eigenvalue weighted by atomic mass is 10.2. The highest BCUT2D eigenvalue weighted by molar-refractivity contribution is 5.81. The van der Waals surface area contributed by atoms with Gasteiger partial charge in [0.2, 0.25) is 6.10 Å². The Kier molecular flexibility index (Phi) is 5.75. The van der Waals surface area contributed by atoms with Crippen molar-refractivity contribution < 1.29 is 14.3 Å². The van der Waals surface area contributed by atoms with Crippen LogP contribution in [0.25, 0.3) is 0 Å². The van der Waals surface area contributed by atoms with E-state index in [1.807, 2.05) is 24.3 Å². The molecule has 1 fully saturated rings. The molecule has 0 spiro atoms. The molecule has 23 heavy (non-hydrogen) atoms. The number of nitrogens with zero attached hydrogens (tertiary/aromatic N) is 1. The van der Waals surface area contributed by atoms with Crippen LogP contribution in [0, 0.1) is 0 Å². The van der Waals surface area contributed by atoms with E-state index in [0.717, 1.165) is 13.0 Å². The molecule has 1 aromatic rings. The van der Waals surface area contributed by atoms with E-state index in [0.29, 0.717) is 18.0 Å². The largest absolute Gasteiger partial charge is 0.485 e. The van der Waals surface area contributed by atoms with Gasteiger partial charge < -0.3 is 19.7 Å². The monoisotopic (exact) mass is 318 g/mol. The van der Waals surface area contributed by atoms with Gasteiger partial charge in [0, 0.05) is 6.54 Å². The van der Waals surface area contributed by atoms with Crippen LogP contribution in [0.15, 0.2) is 24.3 Å². The maximum absolute atomic E-state index is 12.2. The first-order valence-corrected chi connectivity index (χ1v) is 8.71. The van der Waals surface area contributed by atoms with E-state index in [1.165, 1.54) is 38.8 Å². The summed E-state index contributed by atoms with van der Waals surface area (Å²) < 4.78 is 11.3. The summed E-state index contributed by atoms with van der Waals surface area (Å²) >= 11 is 0. The molecular formula is C18H26N2O3. The van der Waals surface area contributed by atoms with Crippen LogP contribution in [-0.4, -0.2) is 49.7 Å². The average Bonchev–Trinajstić information content (AvgIpc) is 2.87. The molecule has 1 atom stereocenters. The second-order valence-electron chi connectivity index (χ2n) is 6.26. The van der Waals surface area contributed by atoms with Crippen LogP contribution in [0.5, 0.6) is 11.5 Å². The standard InChI is InChI=1S/C18H26N2O3/c21-18(17-14-22-15-8-3-4-9-16(15)23-17)19-10-7-13-20-11-5-1-2-6-12-20/h3-4,8-9,17H,1-2,5-7,10-14H2,(H,19,21). The molecule has 0 aromatic heterocycles. The third kappa shape index (κ3) is 4.61. The summed E-state index contributed by atoms with van der Waals surface area (Å²) in [5, 5.41) is 2.97. The normalized spacial score (nSPS) is 21.5. The van der Waals surface area contributed by atoms with Crippen molar-refractivity contribution in [2.75, 3.05) is 32.8 Å². The highest BCUT2D eigenvalue weighted by atomic mass is 16.6. The number of carbonyl (C=O) groups excluding carboxylic acids is 1. The first kappa shape index (κ1) is 16.1. The Labute approximate surface area is 137 Å². The van der Waals surface area contributed by atoms with E-state index in [-0.39, 0.29) is 12.5 Å². The maximum Gasteiger partial charge on any atom is 0.264 e. The third-order valence-electron chi connectivity index (χ3n) is 4.45. The van der Waals surface area contributed by atoms with E-state index >= 15 is 0 Å². The number of carbonyl (C=O) groups is 1. The quantitative estimate of drug-likeness (QED) is 0.846. The van der Waals surface area contributed by atoms with Crippen LogP contribution < -0.4 is 14.8 Å². The first-order valence-electron chi connectivity index (χ1n) is 8.71. The molecule has 0 radical (unpaired) electrons. The minimum absolute atomic E-state index is 0.0876. The van der Waals surface area contributed by atoms with E-state index in [9.17, 15) is 4.79 Å². The van der Waals surface area contributed by atoms with E-state index in [4.69, 9.17) is 9.47 Å². The van der Waals surface area contributed by atoms with E-state index in [1.54, 1.807) is 0 Å². The number of amides is 1. The predicted molar refractivity (Wildman–Crippen MR) is 88.9 cm³/mol. The molecule has 1 aromatic carbocycles. The summed E-state index contributed by atoms with van der Waals surface area (Å²) in [5.74, 6) is 1.26. The van der Waals surface area contributed by atoms with Gasteiger partial charge in [0.25, 0.3) is 5.91 Å². The van der Waals surface area contributed by atoms with Crippen molar-refractivity contribution in [1.29, 1.82) is 0 Å². The number of hydrogen-bond donors (Lipinski definition) is 1. The van der Waals surface area contributed by atoms with Crippen molar-refractivity contribution in [2.45, 2.75) is 38.2 Å². The van der Waals surface area contributed by atoms with Crippen LogP contribution >= 0.6 is 0 Å². The smallest absolute Gasteiger partial charge is 0.264 e. The van der Waals surface area contributed by atoms with Gasteiger partial charge in [-0.2, -0.15) is 0 Å². The zero-order chi connectivity index (χ0) is 15.9. The second-order valence-corrected chi connectivity index (χ2v) is 6.26.